The summed E-state index contributed by atoms with van der Waals surface area (Å²) in [6.45, 7) is 5.12. The van der Waals surface area contributed by atoms with Crippen molar-refractivity contribution >= 4 is 10.9 Å². The number of nitrogens with one attached hydrogen (secondary N) is 1. The van der Waals surface area contributed by atoms with Crippen molar-refractivity contribution < 1.29 is 0 Å². The highest BCUT2D eigenvalue weighted by molar-refractivity contribution is 5.81. The molecule has 0 amide bonds. The van der Waals surface area contributed by atoms with Gasteiger partial charge in [0.1, 0.15) is 0 Å². The molecule has 1 aromatic heterocycles. The fraction of sp³-hybridized carbons (Fsp3) is 0.417. The molecule has 0 atom stereocenters. The number of aromatic nitrogens is 2. The summed E-state index contributed by atoms with van der Waals surface area (Å²) in [6, 6.07) is 8.82. The van der Waals surface area contributed by atoms with E-state index in [4.69, 9.17) is 0 Å². The van der Waals surface area contributed by atoms with Crippen LogP contribution in [0.4, 0.5) is 0 Å². The highest BCUT2D eigenvalue weighted by Gasteiger charge is 2.07. The molecule has 1 heterocycles. The van der Waals surface area contributed by atoms with Crippen molar-refractivity contribution in [1.82, 2.24) is 15.1 Å². The molecule has 0 spiro atoms. The van der Waals surface area contributed by atoms with Crippen LogP contribution in [0.2, 0.25) is 0 Å². The third kappa shape index (κ3) is 2.02. The van der Waals surface area contributed by atoms with E-state index in [-0.39, 0.29) is 0 Å². The average Bonchev–Trinajstić information content (AvgIpc) is 2.54. The number of fused-ring (bicyclic) bond motifs is 1. The fourth-order valence-electron chi connectivity index (χ4n) is 1.72. The number of benzene rings is 1. The summed E-state index contributed by atoms with van der Waals surface area (Å²) >= 11 is 0. The van der Waals surface area contributed by atoms with Crippen molar-refractivity contribution in [2.24, 2.45) is 7.05 Å². The largest absolute Gasteiger partial charge is 0.309 e. The van der Waals surface area contributed by atoms with E-state index in [2.05, 4.69) is 42.5 Å². The summed E-state index contributed by atoms with van der Waals surface area (Å²) in [5.41, 5.74) is 2.32. The zero-order valence-electron chi connectivity index (χ0n) is 9.49. The molecule has 0 aliphatic carbocycles. The first-order valence-corrected chi connectivity index (χ1v) is 5.32. The first-order chi connectivity index (χ1) is 7.18. The molecule has 0 unspecified atom stereocenters. The van der Waals surface area contributed by atoms with E-state index in [0.717, 1.165) is 12.2 Å². The van der Waals surface area contributed by atoms with Crippen molar-refractivity contribution in [2.45, 2.75) is 26.4 Å². The first-order valence-electron chi connectivity index (χ1n) is 5.32. The van der Waals surface area contributed by atoms with Gasteiger partial charge in [0.15, 0.2) is 0 Å². The molecule has 3 heteroatoms. The quantitative estimate of drug-likeness (QED) is 0.827. The number of hydrogen-bond donors (Lipinski definition) is 1. The van der Waals surface area contributed by atoms with E-state index >= 15 is 0 Å². The van der Waals surface area contributed by atoms with Gasteiger partial charge < -0.3 is 5.32 Å². The lowest BCUT2D eigenvalue weighted by Gasteiger charge is -2.05. The summed E-state index contributed by atoms with van der Waals surface area (Å²) < 4.78 is 1.94. The lowest BCUT2D eigenvalue weighted by atomic mass is 10.2. The fourth-order valence-corrected chi connectivity index (χ4v) is 1.72. The minimum Gasteiger partial charge on any atom is -0.309 e. The van der Waals surface area contributed by atoms with Gasteiger partial charge in [-0.2, -0.15) is 5.10 Å². The van der Waals surface area contributed by atoms with Gasteiger partial charge in [0.25, 0.3) is 0 Å². The number of nitrogens with zero attached hydrogens (tertiary/aromatic N) is 2. The zero-order chi connectivity index (χ0) is 10.8. The van der Waals surface area contributed by atoms with Gasteiger partial charge in [-0.05, 0) is 6.07 Å². The van der Waals surface area contributed by atoms with E-state index in [0.29, 0.717) is 6.04 Å². The van der Waals surface area contributed by atoms with E-state index in [1.54, 1.807) is 0 Å². The second-order valence-corrected chi connectivity index (χ2v) is 4.12. The molecule has 0 bridgehead atoms. The Morgan fingerprint density at radius 2 is 2.07 bits per heavy atom. The Kier molecular flexibility index (Phi) is 2.73. The summed E-state index contributed by atoms with van der Waals surface area (Å²) in [7, 11) is 1.99. The van der Waals surface area contributed by atoms with Crippen molar-refractivity contribution in [3.63, 3.8) is 0 Å². The van der Waals surface area contributed by atoms with Crippen LogP contribution in [0.1, 0.15) is 19.5 Å². The Bertz CT molecular complexity index is 457. The van der Waals surface area contributed by atoms with Crippen molar-refractivity contribution in [1.29, 1.82) is 0 Å². The molecule has 0 saturated carbocycles. The molecule has 0 aliphatic heterocycles. The molecule has 0 saturated heterocycles. The normalized spacial score (nSPS) is 11.5. The van der Waals surface area contributed by atoms with Crippen LogP contribution in [-0.2, 0) is 13.6 Å². The highest BCUT2D eigenvalue weighted by Crippen LogP contribution is 2.16. The van der Waals surface area contributed by atoms with Crippen LogP contribution in [0, 0.1) is 0 Å². The molecule has 0 radical (unpaired) electrons. The number of hydrogen-bond acceptors (Lipinski definition) is 2. The average molecular weight is 203 g/mol. The minimum absolute atomic E-state index is 0.491. The molecule has 15 heavy (non-hydrogen) atoms. The lowest BCUT2D eigenvalue weighted by Crippen LogP contribution is -2.22. The van der Waals surface area contributed by atoms with Gasteiger partial charge in [-0.1, -0.05) is 32.0 Å². The van der Waals surface area contributed by atoms with Crippen LogP contribution < -0.4 is 5.32 Å². The molecule has 2 rings (SSSR count). The van der Waals surface area contributed by atoms with Crippen LogP contribution in [0.15, 0.2) is 24.3 Å². The molecule has 0 fully saturated rings. The predicted molar refractivity (Wildman–Crippen MR) is 62.7 cm³/mol. The maximum absolute atomic E-state index is 4.52. The van der Waals surface area contributed by atoms with Crippen LogP contribution >= 0.6 is 0 Å². The summed E-state index contributed by atoms with van der Waals surface area (Å²) in [6.07, 6.45) is 0. The first kappa shape index (κ1) is 10.2. The lowest BCUT2D eigenvalue weighted by molar-refractivity contribution is 0.577. The second-order valence-electron chi connectivity index (χ2n) is 4.12. The van der Waals surface area contributed by atoms with Crippen LogP contribution in [0.25, 0.3) is 10.9 Å². The van der Waals surface area contributed by atoms with Crippen molar-refractivity contribution in [3.05, 3.63) is 30.0 Å². The minimum atomic E-state index is 0.491. The van der Waals surface area contributed by atoms with Crippen LogP contribution in [0.3, 0.4) is 0 Å². The smallest absolute Gasteiger partial charge is 0.0841 e. The second kappa shape index (κ2) is 4.03. The maximum Gasteiger partial charge on any atom is 0.0841 e. The van der Waals surface area contributed by atoms with E-state index in [1.807, 2.05) is 17.8 Å². The standard InChI is InChI=1S/C12H17N3/c1-9(2)13-8-11-10-6-4-5-7-12(10)15(3)14-11/h4-7,9,13H,8H2,1-3H3. The Balaban J connectivity index is 2.35. The van der Waals surface area contributed by atoms with Crippen molar-refractivity contribution in [2.75, 3.05) is 0 Å². The van der Waals surface area contributed by atoms with E-state index < -0.39 is 0 Å². The molecule has 3 nitrogen and oxygen atoms in total. The Hall–Kier alpha value is -1.35. The zero-order valence-corrected chi connectivity index (χ0v) is 9.49. The summed E-state index contributed by atoms with van der Waals surface area (Å²) in [5, 5.41) is 9.15. The number of rotatable bonds is 3. The topological polar surface area (TPSA) is 29.9 Å². The van der Waals surface area contributed by atoms with Crippen LogP contribution in [0.5, 0.6) is 0 Å². The van der Waals surface area contributed by atoms with Gasteiger partial charge in [0.2, 0.25) is 0 Å². The number of para-hydroxylation sites is 1. The van der Waals surface area contributed by atoms with Crippen molar-refractivity contribution in [3.8, 4) is 0 Å². The Labute approximate surface area is 90.1 Å². The van der Waals surface area contributed by atoms with Gasteiger partial charge in [0.05, 0.1) is 11.2 Å². The van der Waals surface area contributed by atoms with Crippen LogP contribution in [-0.4, -0.2) is 15.8 Å². The molecule has 1 N–H and O–H groups in total. The predicted octanol–water partition coefficient (Wildman–Crippen LogP) is 2.07. The molecule has 80 valence electrons. The SMILES string of the molecule is CC(C)NCc1nn(C)c2ccccc12. The Morgan fingerprint density at radius 1 is 1.33 bits per heavy atom. The van der Waals surface area contributed by atoms with Gasteiger partial charge in [-0.25, -0.2) is 0 Å². The van der Waals surface area contributed by atoms with E-state index in [9.17, 15) is 0 Å². The van der Waals surface area contributed by atoms with E-state index in [1.165, 1.54) is 10.9 Å². The van der Waals surface area contributed by atoms with Gasteiger partial charge in [-0.3, -0.25) is 4.68 Å². The van der Waals surface area contributed by atoms with Gasteiger partial charge in [-0.15, -0.1) is 0 Å². The van der Waals surface area contributed by atoms with Gasteiger partial charge in [0, 0.05) is 25.0 Å². The summed E-state index contributed by atoms with van der Waals surface area (Å²) in [5.74, 6) is 0. The Morgan fingerprint density at radius 3 is 2.80 bits per heavy atom. The number of aryl methyl sites for hydroxylation is 1. The molecule has 0 aliphatic rings. The molecular weight excluding hydrogens is 186 g/mol. The molecular formula is C12H17N3. The molecule has 1 aromatic carbocycles. The highest BCUT2D eigenvalue weighted by atomic mass is 15.3. The third-order valence-electron chi connectivity index (χ3n) is 2.51. The maximum atomic E-state index is 4.52. The monoisotopic (exact) mass is 203 g/mol. The van der Waals surface area contributed by atoms with Gasteiger partial charge >= 0.3 is 0 Å². The molecule has 2 aromatic rings. The summed E-state index contributed by atoms with van der Waals surface area (Å²) in [4.78, 5) is 0. The third-order valence-corrected chi connectivity index (χ3v) is 2.51.